The maximum Gasteiger partial charge on any atom is 0.336 e. The highest BCUT2D eigenvalue weighted by molar-refractivity contribution is 6.06. The molecule has 0 spiro atoms. The lowest BCUT2D eigenvalue weighted by molar-refractivity contribution is -0.144. The number of carbonyl (C=O) groups excluding carboxylic acids is 2. The highest BCUT2D eigenvalue weighted by atomic mass is 16.5. The zero-order chi connectivity index (χ0) is 21.8. The molecule has 0 fully saturated rings. The number of H-pyrrole nitrogens is 1. The van der Waals surface area contributed by atoms with E-state index in [0.29, 0.717) is 29.1 Å². The van der Waals surface area contributed by atoms with Crippen LogP contribution in [0.1, 0.15) is 42.4 Å². The van der Waals surface area contributed by atoms with E-state index < -0.39 is 23.8 Å². The second kappa shape index (κ2) is 9.07. The first kappa shape index (κ1) is 21.5. The normalized spacial score (nSPS) is 18.8. The van der Waals surface area contributed by atoms with Crippen molar-refractivity contribution in [1.82, 2.24) is 9.97 Å². The number of pyridine rings is 1. The van der Waals surface area contributed by atoms with Crippen molar-refractivity contribution in [1.29, 1.82) is 0 Å². The van der Waals surface area contributed by atoms with Crippen molar-refractivity contribution in [3.05, 3.63) is 64.4 Å². The lowest BCUT2D eigenvalue weighted by Gasteiger charge is -2.30. The van der Waals surface area contributed by atoms with Crippen molar-refractivity contribution in [2.24, 2.45) is 10.9 Å². The summed E-state index contributed by atoms with van der Waals surface area (Å²) in [5.41, 5.74) is 5.31. The fourth-order valence-electron chi connectivity index (χ4n) is 3.99. The molecule has 1 N–H and O–H groups in total. The van der Waals surface area contributed by atoms with E-state index in [4.69, 9.17) is 9.47 Å². The third-order valence-electron chi connectivity index (χ3n) is 5.37. The van der Waals surface area contributed by atoms with Gasteiger partial charge in [0.05, 0.1) is 25.2 Å². The minimum absolute atomic E-state index is 0.230. The summed E-state index contributed by atoms with van der Waals surface area (Å²) in [6, 6.07) is 7.46. The third-order valence-corrected chi connectivity index (χ3v) is 5.37. The zero-order valence-corrected chi connectivity index (χ0v) is 18.0. The number of esters is 2. The van der Waals surface area contributed by atoms with Crippen molar-refractivity contribution in [3.63, 3.8) is 0 Å². The molecule has 0 radical (unpaired) electrons. The lowest BCUT2D eigenvalue weighted by atomic mass is 9.77. The van der Waals surface area contributed by atoms with E-state index in [2.05, 4.69) is 15.0 Å². The average molecular weight is 409 g/mol. The van der Waals surface area contributed by atoms with Gasteiger partial charge >= 0.3 is 11.9 Å². The Morgan fingerprint density at radius 1 is 1.17 bits per heavy atom. The van der Waals surface area contributed by atoms with Crippen LogP contribution in [0.15, 0.2) is 46.7 Å². The van der Waals surface area contributed by atoms with Crippen LogP contribution >= 0.6 is 0 Å². The molecule has 0 amide bonds. The van der Waals surface area contributed by atoms with Gasteiger partial charge in [0.1, 0.15) is 5.92 Å². The first-order valence-electron chi connectivity index (χ1n) is 9.90. The number of aliphatic imine (C=N–C) groups is 1. The summed E-state index contributed by atoms with van der Waals surface area (Å²) in [6.07, 6.45) is 2.24. The van der Waals surface area contributed by atoms with Gasteiger partial charge in [0, 0.05) is 41.1 Å². The van der Waals surface area contributed by atoms with Crippen LogP contribution in [-0.4, -0.2) is 41.3 Å². The topological polar surface area (TPSA) is 93.6 Å². The van der Waals surface area contributed by atoms with E-state index in [-0.39, 0.29) is 6.61 Å². The fraction of sp³-hybridized carbons (Fsp3) is 0.391. The molecule has 1 aliphatic rings. The Kier molecular flexibility index (Phi) is 6.50. The fourth-order valence-corrected chi connectivity index (χ4v) is 3.99. The minimum atomic E-state index is -0.731. The number of nitrogens with one attached hydrogen (secondary N) is 1. The number of allylic oxidation sites excluding steroid dienone is 1. The Balaban J connectivity index is 1.88. The maximum absolute atomic E-state index is 13.1. The quantitative estimate of drug-likeness (QED) is 0.738. The SMILES string of the molecule is COC(=O)C1C(C)=NC(C)=C(C(=O)OCCc2cc(C)[nH]c2C)C1c1ccccn1. The molecule has 0 aromatic carbocycles. The smallest absolute Gasteiger partial charge is 0.336 e. The van der Waals surface area contributed by atoms with Gasteiger partial charge in [0.2, 0.25) is 0 Å². The summed E-state index contributed by atoms with van der Waals surface area (Å²) < 4.78 is 10.6. The van der Waals surface area contributed by atoms with Gasteiger partial charge in [-0.05, 0) is 51.5 Å². The Morgan fingerprint density at radius 3 is 2.53 bits per heavy atom. The third kappa shape index (κ3) is 4.35. The molecular weight excluding hydrogens is 382 g/mol. The van der Waals surface area contributed by atoms with Gasteiger partial charge in [-0.25, -0.2) is 4.79 Å². The van der Waals surface area contributed by atoms with Crippen LogP contribution in [0.2, 0.25) is 0 Å². The molecular formula is C23H27N3O4. The zero-order valence-electron chi connectivity index (χ0n) is 18.0. The van der Waals surface area contributed by atoms with Gasteiger partial charge in [-0.15, -0.1) is 0 Å². The Labute approximate surface area is 176 Å². The highest BCUT2D eigenvalue weighted by Crippen LogP contribution is 2.39. The molecule has 0 bridgehead atoms. The summed E-state index contributed by atoms with van der Waals surface area (Å²) in [5, 5.41) is 0. The van der Waals surface area contributed by atoms with E-state index in [0.717, 1.165) is 17.0 Å². The molecule has 158 valence electrons. The second-order valence-corrected chi connectivity index (χ2v) is 7.47. The number of aryl methyl sites for hydroxylation is 2. The standard InChI is InChI=1S/C23H27N3O4/c1-13-12-17(14(2)25-13)9-11-30-23(28)20-16(4)26-15(3)19(22(27)29-5)21(20)18-8-6-7-10-24-18/h6-8,10,12,19,21,25H,9,11H2,1-5H3. The molecule has 0 saturated carbocycles. The van der Waals surface area contributed by atoms with Crippen molar-refractivity contribution < 1.29 is 19.1 Å². The summed E-state index contributed by atoms with van der Waals surface area (Å²) in [7, 11) is 1.33. The Bertz CT molecular complexity index is 1000. The highest BCUT2D eigenvalue weighted by Gasteiger charge is 2.42. The molecule has 0 aliphatic carbocycles. The average Bonchev–Trinajstić information content (AvgIpc) is 3.04. The van der Waals surface area contributed by atoms with E-state index in [1.165, 1.54) is 7.11 Å². The van der Waals surface area contributed by atoms with Crippen LogP contribution in [0.25, 0.3) is 0 Å². The van der Waals surface area contributed by atoms with Gasteiger partial charge in [-0.2, -0.15) is 0 Å². The van der Waals surface area contributed by atoms with Crippen LogP contribution in [0, 0.1) is 19.8 Å². The van der Waals surface area contributed by atoms with Crippen molar-refractivity contribution >= 4 is 17.7 Å². The predicted molar refractivity (Wildman–Crippen MR) is 113 cm³/mol. The largest absolute Gasteiger partial charge is 0.468 e. The van der Waals surface area contributed by atoms with E-state index >= 15 is 0 Å². The van der Waals surface area contributed by atoms with Gasteiger partial charge < -0.3 is 14.5 Å². The van der Waals surface area contributed by atoms with Gasteiger partial charge in [-0.1, -0.05) is 6.07 Å². The molecule has 3 heterocycles. The van der Waals surface area contributed by atoms with Crippen LogP contribution in [0.4, 0.5) is 0 Å². The maximum atomic E-state index is 13.1. The molecule has 0 saturated heterocycles. The molecule has 2 atom stereocenters. The molecule has 2 unspecified atom stereocenters. The van der Waals surface area contributed by atoms with E-state index in [1.807, 2.05) is 26.0 Å². The number of aromatic amines is 1. The lowest BCUT2D eigenvalue weighted by Crippen LogP contribution is -2.36. The van der Waals surface area contributed by atoms with Gasteiger partial charge in [-0.3, -0.25) is 14.8 Å². The van der Waals surface area contributed by atoms with E-state index in [9.17, 15) is 9.59 Å². The monoisotopic (exact) mass is 409 g/mol. The first-order valence-corrected chi connectivity index (χ1v) is 9.90. The summed E-state index contributed by atoms with van der Waals surface area (Å²) >= 11 is 0. The summed E-state index contributed by atoms with van der Waals surface area (Å²) in [5.74, 6) is -2.29. The summed E-state index contributed by atoms with van der Waals surface area (Å²) in [6.45, 7) is 7.73. The second-order valence-electron chi connectivity index (χ2n) is 7.47. The van der Waals surface area contributed by atoms with Gasteiger partial charge in [0.15, 0.2) is 0 Å². The number of aromatic nitrogens is 2. The number of hydrogen-bond acceptors (Lipinski definition) is 6. The number of methoxy groups -OCH3 is 1. The molecule has 7 nitrogen and oxygen atoms in total. The number of hydrogen-bond donors (Lipinski definition) is 1. The van der Waals surface area contributed by atoms with Crippen LogP contribution in [0.5, 0.6) is 0 Å². The molecule has 1 aliphatic heterocycles. The van der Waals surface area contributed by atoms with Crippen LogP contribution in [0.3, 0.4) is 0 Å². The number of carbonyl (C=O) groups is 2. The molecule has 30 heavy (non-hydrogen) atoms. The molecule has 2 aromatic heterocycles. The Morgan fingerprint density at radius 2 is 1.93 bits per heavy atom. The number of rotatable bonds is 6. The molecule has 7 heteroatoms. The van der Waals surface area contributed by atoms with Crippen LogP contribution in [-0.2, 0) is 25.5 Å². The van der Waals surface area contributed by atoms with Crippen molar-refractivity contribution in [2.75, 3.05) is 13.7 Å². The number of nitrogens with zero attached hydrogens (tertiary/aromatic N) is 2. The summed E-state index contributed by atoms with van der Waals surface area (Å²) in [4.78, 5) is 37.8. The minimum Gasteiger partial charge on any atom is -0.468 e. The predicted octanol–water partition coefficient (Wildman–Crippen LogP) is 3.43. The molecule has 3 rings (SSSR count). The van der Waals surface area contributed by atoms with Crippen molar-refractivity contribution in [3.8, 4) is 0 Å². The first-order chi connectivity index (χ1) is 14.3. The Hall–Kier alpha value is -3.22. The van der Waals surface area contributed by atoms with Crippen LogP contribution < -0.4 is 0 Å². The van der Waals surface area contributed by atoms with Gasteiger partial charge in [0.25, 0.3) is 0 Å². The van der Waals surface area contributed by atoms with Crippen molar-refractivity contribution in [2.45, 2.75) is 40.0 Å². The van der Waals surface area contributed by atoms with E-state index in [1.54, 1.807) is 32.2 Å². The molecule has 2 aromatic rings. The number of ether oxygens (including phenoxy) is 2.